The van der Waals surface area contributed by atoms with Gasteiger partial charge in [0.05, 0.1) is 0 Å². The van der Waals surface area contributed by atoms with Crippen molar-refractivity contribution < 1.29 is 32.7 Å². The summed E-state index contributed by atoms with van der Waals surface area (Å²) in [4.78, 5) is 3.95. The molecule has 2 rings (SSSR count). The Bertz CT molecular complexity index is 428. The van der Waals surface area contributed by atoms with Gasteiger partial charge in [-0.25, -0.2) is 12.1 Å². The van der Waals surface area contributed by atoms with Crippen molar-refractivity contribution in [2.24, 2.45) is 5.41 Å². The first-order valence-electron chi connectivity index (χ1n) is 6.00. The molecule has 1 nitrogen and oxygen atoms in total. The molecule has 0 atom stereocenters. The molecule has 0 unspecified atom stereocenters. The fourth-order valence-corrected chi connectivity index (χ4v) is 1.40. The quantitative estimate of drug-likeness (QED) is 0.706. The van der Waals surface area contributed by atoms with E-state index in [2.05, 4.69) is 49.2 Å². The summed E-state index contributed by atoms with van der Waals surface area (Å²) in [5, 5.41) is 0. The molecule has 2 heteroatoms. The van der Waals surface area contributed by atoms with E-state index in [1.165, 1.54) is 0 Å². The van der Waals surface area contributed by atoms with Gasteiger partial charge >= 0.3 is 0 Å². The van der Waals surface area contributed by atoms with Gasteiger partial charge in [0.2, 0.25) is 0 Å². The number of allylic oxidation sites excluding steroid dienone is 6. The number of hydrogen-bond donors (Lipinski definition) is 0. The minimum absolute atomic E-state index is 0. The molecule has 1 aromatic rings. The molecule has 93 valence electrons. The number of hydrogen-bond acceptors (Lipinski definition) is 1. The Balaban J connectivity index is 0.000000917. The van der Waals surface area contributed by atoms with E-state index in [0.717, 1.165) is 11.1 Å². The summed E-state index contributed by atoms with van der Waals surface area (Å²) < 4.78 is 0. The van der Waals surface area contributed by atoms with Crippen molar-refractivity contribution in [1.82, 2.24) is 4.98 Å². The van der Waals surface area contributed by atoms with E-state index in [9.17, 15) is 0 Å². The van der Waals surface area contributed by atoms with Crippen LogP contribution in [0.15, 0.2) is 42.8 Å². The maximum absolute atomic E-state index is 3.95. The van der Waals surface area contributed by atoms with Crippen LogP contribution in [0.3, 0.4) is 0 Å². The average molecular weight is 314 g/mol. The van der Waals surface area contributed by atoms with Crippen molar-refractivity contribution in [2.75, 3.05) is 0 Å². The summed E-state index contributed by atoms with van der Waals surface area (Å²) in [6, 6.07) is 5.04. The van der Waals surface area contributed by atoms with Crippen molar-refractivity contribution in [3.63, 3.8) is 0 Å². The van der Waals surface area contributed by atoms with E-state index in [0.29, 0.717) is 0 Å². The molecule has 0 aromatic carbocycles. The SMILES string of the molecule is CC.CC1(C)C=C[C-]=C(c2[c-]cncc2)C=C1.[Y]. The van der Waals surface area contributed by atoms with Gasteiger partial charge in [0.1, 0.15) is 0 Å². The van der Waals surface area contributed by atoms with Crippen LogP contribution in [0.5, 0.6) is 0 Å². The molecule has 18 heavy (non-hydrogen) atoms. The molecule has 0 saturated heterocycles. The van der Waals surface area contributed by atoms with E-state index in [1.54, 1.807) is 12.4 Å². The number of rotatable bonds is 1. The van der Waals surface area contributed by atoms with Gasteiger partial charge in [-0.2, -0.15) is 18.2 Å². The summed E-state index contributed by atoms with van der Waals surface area (Å²) in [6.45, 7) is 8.34. The van der Waals surface area contributed by atoms with E-state index in [-0.39, 0.29) is 38.1 Å². The van der Waals surface area contributed by atoms with Crippen molar-refractivity contribution in [2.45, 2.75) is 27.7 Å². The largest absolute Gasteiger partial charge is 0.293 e. The molecule has 0 fully saturated rings. The van der Waals surface area contributed by atoms with Gasteiger partial charge in [0.25, 0.3) is 0 Å². The number of pyridine rings is 1. The van der Waals surface area contributed by atoms with E-state index in [1.807, 2.05) is 26.0 Å². The van der Waals surface area contributed by atoms with Gasteiger partial charge in [0.15, 0.2) is 0 Å². The molecule has 1 aliphatic rings. The summed E-state index contributed by atoms with van der Waals surface area (Å²) >= 11 is 0. The van der Waals surface area contributed by atoms with Gasteiger partial charge < -0.3 is 0 Å². The zero-order valence-corrected chi connectivity index (χ0v) is 14.4. The van der Waals surface area contributed by atoms with Gasteiger partial charge in [-0.05, 0) is 17.8 Å². The summed E-state index contributed by atoms with van der Waals surface area (Å²) in [6.07, 6.45) is 15.1. The van der Waals surface area contributed by atoms with Crippen molar-refractivity contribution in [3.05, 3.63) is 60.5 Å². The third-order valence-corrected chi connectivity index (χ3v) is 2.34. The second-order valence-electron chi connectivity index (χ2n) is 4.20. The molecule has 0 saturated carbocycles. The molecule has 1 aromatic heterocycles. The normalized spacial score (nSPS) is 15.7. The zero-order valence-electron chi connectivity index (χ0n) is 11.6. The van der Waals surface area contributed by atoms with E-state index >= 15 is 0 Å². The van der Waals surface area contributed by atoms with E-state index in [4.69, 9.17) is 0 Å². The second-order valence-corrected chi connectivity index (χ2v) is 4.20. The van der Waals surface area contributed by atoms with Crippen molar-refractivity contribution in [1.29, 1.82) is 0 Å². The van der Waals surface area contributed by atoms with Gasteiger partial charge in [-0.3, -0.25) is 16.1 Å². The van der Waals surface area contributed by atoms with Gasteiger partial charge in [-0.15, -0.1) is 12.2 Å². The first kappa shape index (κ1) is 17.5. The van der Waals surface area contributed by atoms with Crippen LogP contribution < -0.4 is 0 Å². The fraction of sp³-hybridized carbons (Fsp3) is 0.312. The Morgan fingerprint density at radius 3 is 2.50 bits per heavy atom. The molecular formula is C16H19NY-2. The molecule has 0 amide bonds. The minimum atomic E-state index is 0. The maximum Gasteiger partial charge on any atom is 0 e. The Morgan fingerprint density at radius 2 is 1.89 bits per heavy atom. The molecule has 0 N–H and O–H groups in total. The predicted molar refractivity (Wildman–Crippen MR) is 73.1 cm³/mol. The van der Waals surface area contributed by atoms with Crippen molar-refractivity contribution >= 4 is 5.57 Å². The monoisotopic (exact) mass is 314 g/mol. The maximum atomic E-state index is 3.95. The molecule has 0 spiro atoms. The Morgan fingerprint density at radius 1 is 1.17 bits per heavy atom. The van der Waals surface area contributed by atoms with Crippen LogP contribution in [-0.4, -0.2) is 4.98 Å². The zero-order chi connectivity index (χ0) is 12.7. The van der Waals surface area contributed by atoms with Crippen LogP contribution in [-0.2, 0) is 32.7 Å². The first-order valence-corrected chi connectivity index (χ1v) is 6.00. The minimum Gasteiger partial charge on any atom is -0.293 e. The van der Waals surface area contributed by atoms with Crippen LogP contribution >= 0.6 is 0 Å². The van der Waals surface area contributed by atoms with Crippen LogP contribution in [0, 0.1) is 17.6 Å². The topological polar surface area (TPSA) is 12.9 Å². The Kier molecular flexibility index (Phi) is 8.30. The molecular weight excluding hydrogens is 295 g/mol. The molecule has 0 bridgehead atoms. The van der Waals surface area contributed by atoms with Crippen LogP contribution in [0.2, 0.25) is 0 Å². The number of aromatic nitrogens is 1. The Labute approximate surface area is 136 Å². The van der Waals surface area contributed by atoms with Crippen LogP contribution in [0.25, 0.3) is 5.57 Å². The first-order chi connectivity index (χ1) is 8.17. The molecule has 1 radical (unpaired) electrons. The van der Waals surface area contributed by atoms with E-state index < -0.39 is 0 Å². The third kappa shape index (κ3) is 5.41. The molecule has 1 aliphatic carbocycles. The summed E-state index contributed by atoms with van der Waals surface area (Å²) in [7, 11) is 0. The summed E-state index contributed by atoms with van der Waals surface area (Å²) in [5.74, 6) is 0. The van der Waals surface area contributed by atoms with Crippen molar-refractivity contribution in [3.8, 4) is 0 Å². The number of nitrogens with zero attached hydrogens (tertiary/aromatic N) is 1. The standard InChI is InChI=1S/C14H13N.C2H6.Y/c1-14(2)8-3-4-12(5-9-14)13-6-10-15-11-7-13;1-2;/h3,5-6,8-11H,1-2H3;1-2H3;/q-2;;. The molecule has 0 aliphatic heterocycles. The Hall–Kier alpha value is -0.526. The summed E-state index contributed by atoms with van der Waals surface area (Å²) in [5.41, 5.74) is 2.18. The van der Waals surface area contributed by atoms with Gasteiger partial charge in [0, 0.05) is 32.7 Å². The third-order valence-electron chi connectivity index (χ3n) is 2.34. The van der Waals surface area contributed by atoms with Crippen LogP contribution in [0.1, 0.15) is 33.3 Å². The predicted octanol–water partition coefficient (Wildman–Crippen LogP) is 4.24. The van der Waals surface area contributed by atoms with Gasteiger partial charge in [-0.1, -0.05) is 27.7 Å². The smallest absolute Gasteiger partial charge is 0 e. The second kappa shape index (κ2) is 8.55. The van der Waals surface area contributed by atoms with Crippen LogP contribution in [0.4, 0.5) is 0 Å². The molecule has 1 heterocycles. The average Bonchev–Trinajstić information content (AvgIpc) is 2.54. The fourth-order valence-electron chi connectivity index (χ4n) is 1.40.